The fraction of sp³-hybridized carbons (Fsp3) is 0.333. The van der Waals surface area contributed by atoms with E-state index in [1.807, 2.05) is 0 Å². The average molecular weight is 300 g/mol. The van der Waals surface area contributed by atoms with Gasteiger partial charge in [0.1, 0.15) is 0 Å². The van der Waals surface area contributed by atoms with Crippen molar-refractivity contribution in [3.05, 3.63) is 0 Å². The quantitative estimate of drug-likeness (QED) is 0.355. The maximum absolute atomic E-state index is 7.10. The van der Waals surface area contributed by atoms with Crippen LogP contribution in [0.1, 0.15) is 0 Å². The van der Waals surface area contributed by atoms with Crippen molar-refractivity contribution in [1.29, 1.82) is 10.5 Å². The van der Waals surface area contributed by atoms with E-state index in [1.54, 1.807) is 0 Å². The van der Waals surface area contributed by atoms with Crippen molar-refractivity contribution >= 4 is 0 Å². The molecule has 0 saturated heterocycles. The number of nitriles is 2. The monoisotopic (exact) mass is 301 g/mol. The van der Waals surface area contributed by atoms with Gasteiger partial charge in [0.15, 0.2) is 12.4 Å². The minimum absolute atomic E-state index is 1.03. The molecule has 0 aliphatic heterocycles. The van der Waals surface area contributed by atoms with Gasteiger partial charge in [0.2, 0.25) is 0 Å². The van der Waals surface area contributed by atoms with Crippen molar-refractivity contribution < 1.29 is 26.1 Å². The van der Waals surface area contributed by atoms with E-state index in [0.717, 1.165) is 26.1 Å². The molecule has 0 aromatic carbocycles. The first-order valence-electron chi connectivity index (χ1n) is 1.73. The molecule has 0 atom stereocenters. The third-order valence-corrected chi connectivity index (χ3v) is 0. The Bertz CT molecular complexity index is 66.3. The molecule has 8 heavy (non-hydrogen) atoms. The van der Waals surface area contributed by atoms with Gasteiger partial charge < -0.3 is 11.5 Å². The minimum atomic E-state index is 1.03. The van der Waals surface area contributed by atoms with Gasteiger partial charge >= 0.3 is 30.6 Å². The second kappa shape index (κ2) is 86.3. The SMILES string of the molecule is N#CN.N#CN.[CH3][Hg]. The predicted octanol–water partition coefficient (Wildman–Crippen LogP) is -0.566. The Balaban J connectivity index is -0.0000000483. The van der Waals surface area contributed by atoms with E-state index >= 15 is 0 Å². The summed E-state index contributed by atoms with van der Waals surface area (Å²) in [5.74, 6) is 0. The molecule has 0 aromatic heterocycles. The van der Waals surface area contributed by atoms with Gasteiger partial charge in [-0.15, -0.1) is 0 Å². The fourth-order valence-electron chi connectivity index (χ4n) is 0. The summed E-state index contributed by atoms with van der Waals surface area (Å²) >= 11 is 1.03. The first-order valence-corrected chi connectivity index (χ1v) is 7.23. The molecule has 4 nitrogen and oxygen atoms in total. The van der Waals surface area contributed by atoms with Crippen LogP contribution >= 0.6 is 0 Å². The Morgan fingerprint density at radius 2 is 1.12 bits per heavy atom. The van der Waals surface area contributed by atoms with Crippen molar-refractivity contribution in [2.24, 2.45) is 11.5 Å². The molecule has 0 rings (SSSR count). The summed E-state index contributed by atoms with van der Waals surface area (Å²) in [6.07, 6.45) is 2.50. The molecule has 0 radical (unpaired) electrons. The third kappa shape index (κ3) is 478. The summed E-state index contributed by atoms with van der Waals surface area (Å²) in [7, 11) is 0. The fourth-order valence-corrected chi connectivity index (χ4v) is 0. The predicted molar refractivity (Wildman–Crippen MR) is 25.5 cm³/mol. The van der Waals surface area contributed by atoms with E-state index in [1.165, 1.54) is 12.4 Å². The second-order valence-corrected chi connectivity index (χ2v) is 0.258. The Morgan fingerprint density at radius 1 is 1.12 bits per heavy atom. The van der Waals surface area contributed by atoms with Crippen LogP contribution in [0.5, 0.6) is 0 Å². The van der Waals surface area contributed by atoms with Gasteiger partial charge in [0, 0.05) is 0 Å². The molecular weight excluding hydrogens is 293 g/mol. The number of hydrogen-bond donors (Lipinski definition) is 2. The van der Waals surface area contributed by atoms with E-state index in [2.05, 4.69) is 15.9 Å². The molecule has 0 aliphatic carbocycles. The topological polar surface area (TPSA) is 99.6 Å². The molecule has 0 unspecified atom stereocenters. The van der Waals surface area contributed by atoms with Crippen LogP contribution in [-0.4, -0.2) is 0 Å². The number of rotatable bonds is 0. The molecule has 0 heterocycles. The molecule has 0 fully saturated rings. The third-order valence-electron chi connectivity index (χ3n) is 0. The van der Waals surface area contributed by atoms with Crippen molar-refractivity contribution in [2.45, 2.75) is 4.43 Å². The summed E-state index contributed by atoms with van der Waals surface area (Å²) in [5, 5.41) is 14.2. The average Bonchev–Trinajstić information content (AvgIpc) is 1.75. The zero-order chi connectivity index (χ0) is 7.41. The van der Waals surface area contributed by atoms with E-state index < -0.39 is 0 Å². The van der Waals surface area contributed by atoms with Crippen LogP contribution in [-0.2, 0) is 26.1 Å². The molecule has 41 valence electrons. The standard InChI is InChI=1S/2CH2N2.CH3.Hg/c2*2-1-3;;/h2*2H2;1H3;. The normalized spacial score (nSPS) is 2.62. The zero-order valence-electron chi connectivity index (χ0n) is 4.76. The number of nitrogens with zero attached hydrogens (tertiary/aromatic N) is 2. The van der Waals surface area contributed by atoms with E-state index in [0.29, 0.717) is 0 Å². The van der Waals surface area contributed by atoms with E-state index in [-0.39, 0.29) is 0 Å². The van der Waals surface area contributed by atoms with Gasteiger partial charge in [-0.1, -0.05) is 0 Å². The Kier molecular flexibility index (Phi) is 169. The van der Waals surface area contributed by atoms with Crippen LogP contribution in [0.25, 0.3) is 0 Å². The summed E-state index contributed by atoms with van der Waals surface area (Å²) in [6, 6.07) is 0. The molecule has 0 bridgehead atoms. The van der Waals surface area contributed by atoms with Crippen LogP contribution < -0.4 is 11.5 Å². The van der Waals surface area contributed by atoms with E-state index in [9.17, 15) is 0 Å². The van der Waals surface area contributed by atoms with E-state index in [4.69, 9.17) is 10.5 Å². The Hall–Kier alpha value is -0.485. The summed E-state index contributed by atoms with van der Waals surface area (Å²) in [6.45, 7) is 0. The van der Waals surface area contributed by atoms with Crippen LogP contribution in [0.4, 0.5) is 0 Å². The molecule has 0 aliphatic rings. The van der Waals surface area contributed by atoms with Crippen LogP contribution in [0.3, 0.4) is 0 Å². The number of nitrogens with two attached hydrogens (primary N) is 2. The van der Waals surface area contributed by atoms with Crippen molar-refractivity contribution in [3.63, 3.8) is 0 Å². The summed E-state index contributed by atoms with van der Waals surface area (Å²) in [5.41, 5.74) is 8.31. The van der Waals surface area contributed by atoms with Crippen LogP contribution in [0.15, 0.2) is 0 Å². The molecule has 5 heteroatoms. The van der Waals surface area contributed by atoms with Gasteiger partial charge in [-0.3, -0.25) is 0 Å². The molecular formula is C3H7HgN4. The number of hydrogen-bond acceptors (Lipinski definition) is 4. The Labute approximate surface area is 65.0 Å². The van der Waals surface area contributed by atoms with Gasteiger partial charge in [0.05, 0.1) is 0 Å². The summed E-state index contributed by atoms with van der Waals surface area (Å²) in [4.78, 5) is 0. The van der Waals surface area contributed by atoms with Crippen molar-refractivity contribution in [2.75, 3.05) is 0 Å². The molecule has 0 saturated carbocycles. The molecule has 0 spiro atoms. The molecule has 0 amide bonds. The Morgan fingerprint density at radius 3 is 1.12 bits per heavy atom. The van der Waals surface area contributed by atoms with Gasteiger partial charge in [-0.05, 0) is 0 Å². The van der Waals surface area contributed by atoms with Crippen molar-refractivity contribution in [1.82, 2.24) is 0 Å². The van der Waals surface area contributed by atoms with Gasteiger partial charge in [-0.2, -0.15) is 10.5 Å². The molecule has 4 N–H and O–H groups in total. The van der Waals surface area contributed by atoms with Crippen molar-refractivity contribution in [3.8, 4) is 12.4 Å². The van der Waals surface area contributed by atoms with Crippen LogP contribution in [0, 0.1) is 22.9 Å². The zero-order valence-corrected chi connectivity index (χ0v) is 10.3. The second-order valence-electron chi connectivity index (χ2n) is 0.258. The first-order chi connectivity index (χ1) is 3.83. The summed E-state index contributed by atoms with van der Waals surface area (Å²) < 4.78 is 2.19. The first kappa shape index (κ1) is 15.6. The van der Waals surface area contributed by atoms with Gasteiger partial charge in [0.25, 0.3) is 0 Å². The maximum atomic E-state index is 7.10. The van der Waals surface area contributed by atoms with Gasteiger partial charge in [-0.25, -0.2) is 0 Å². The van der Waals surface area contributed by atoms with Crippen LogP contribution in [0.2, 0.25) is 4.43 Å². The molecule has 0 aromatic rings.